The Balaban J connectivity index is 1.60. The molecule has 1 atom stereocenters. The quantitative estimate of drug-likeness (QED) is 0.0409. The third-order valence-corrected chi connectivity index (χ3v) is 12.6. The Hall–Kier alpha value is -4.23. The minimum Gasteiger partial charge on any atom is -0.298 e. The van der Waals surface area contributed by atoms with E-state index in [0.29, 0.717) is 5.57 Å². The molecule has 2 aliphatic rings. The van der Waals surface area contributed by atoms with Crippen LogP contribution >= 0.6 is 0 Å². The second kappa shape index (κ2) is 17.5. The molecule has 4 aromatic carbocycles. The summed E-state index contributed by atoms with van der Waals surface area (Å²) in [5.41, 5.74) is 16.9. The zero-order chi connectivity index (χ0) is 38.3. The van der Waals surface area contributed by atoms with E-state index in [1.165, 1.54) is 151 Å². The summed E-state index contributed by atoms with van der Waals surface area (Å²) in [4.78, 5) is 12.4. The first-order valence-electron chi connectivity index (χ1n) is 21.2. The van der Waals surface area contributed by atoms with Gasteiger partial charge in [-0.1, -0.05) is 187 Å². The highest BCUT2D eigenvalue weighted by Gasteiger charge is 2.50. The van der Waals surface area contributed by atoms with Crippen molar-refractivity contribution in [2.45, 2.75) is 142 Å². The maximum absolute atomic E-state index is 12.4. The molecule has 0 bridgehead atoms. The maximum Gasteiger partial charge on any atom is 0.150 e. The minimum absolute atomic E-state index is 0.00524. The summed E-state index contributed by atoms with van der Waals surface area (Å²) in [5, 5.41) is 0. The van der Waals surface area contributed by atoms with Gasteiger partial charge in [0.15, 0.2) is 0 Å². The van der Waals surface area contributed by atoms with Crippen LogP contribution in [0.15, 0.2) is 109 Å². The molecule has 0 fully saturated rings. The van der Waals surface area contributed by atoms with Gasteiger partial charge in [0.05, 0.1) is 5.41 Å². The van der Waals surface area contributed by atoms with Crippen LogP contribution < -0.4 is 0 Å². The largest absolute Gasteiger partial charge is 0.298 e. The second-order valence-electron chi connectivity index (χ2n) is 16.6. The Morgan fingerprint density at radius 1 is 0.574 bits per heavy atom. The van der Waals surface area contributed by atoms with Crippen molar-refractivity contribution in [1.82, 2.24) is 0 Å². The third-order valence-electron chi connectivity index (χ3n) is 12.6. The van der Waals surface area contributed by atoms with Gasteiger partial charge in [-0.25, -0.2) is 0 Å². The molecule has 0 amide bonds. The Kier molecular flexibility index (Phi) is 12.8. The van der Waals surface area contributed by atoms with E-state index in [9.17, 15) is 4.79 Å². The van der Waals surface area contributed by atoms with Crippen LogP contribution in [0.5, 0.6) is 0 Å². The van der Waals surface area contributed by atoms with E-state index in [0.717, 1.165) is 11.9 Å². The fourth-order valence-electron chi connectivity index (χ4n) is 9.88. The van der Waals surface area contributed by atoms with Crippen LogP contribution in [0.3, 0.4) is 0 Å². The van der Waals surface area contributed by atoms with Gasteiger partial charge in [-0.3, -0.25) is 4.79 Å². The zero-order valence-electron chi connectivity index (χ0n) is 34.3. The Morgan fingerprint density at radius 3 is 1.61 bits per heavy atom. The average molecular weight is 717 g/mol. The summed E-state index contributed by atoms with van der Waals surface area (Å²) in [7, 11) is 0. The van der Waals surface area contributed by atoms with E-state index < -0.39 is 5.41 Å². The highest BCUT2D eigenvalue weighted by molar-refractivity contribution is 5.93. The molecular formula is C53H64O. The lowest BCUT2D eigenvalue weighted by molar-refractivity contribution is -0.104. The second-order valence-corrected chi connectivity index (χ2v) is 16.6. The Bertz CT molecular complexity index is 2000. The van der Waals surface area contributed by atoms with E-state index in [1.54, 1.807) is 5.56 Å². The van der Waals surface area contributed by atoms with Gasteiger partial charge in [-0.2, -0.15) is 0 Å². The molecule has 0 aliphatic heterocycles. The van der Waals surface area contributed by atoms with Crippen molar-refractivity contribution in [3.8, 4) is 22.3 Å². The number of allylic oxidation sites excluding steroid dienone is 5. The smallest absolute Gasteiger partial charge is 0.150 e. The number of unbranched alkanes of at least 4 members (excludes halogenated alkanes) is 10. The first-order valence-corrected chi connectivity index (χ1v) is 21.2. The predicted molar refractivity (Wildman–Crippen MR) is 233 cm³/mol. The van der Waals surface area contributed by atoms with Gasteiger partial charge >= 0.3 is 0 Å². The number of carbonyl (C=O) groups excluding carboxylic acids is 1. The number of aldehydes is 1. The molecule has 0 saturated heterocycles. The molecule has 0 saturated carbocycles. The summed E-state index contributed by atoms with van der Waals surface area (Å²) < 4.78 is 0. The van der Waals surface area contributed by atoms with Crippen LogP contribution in [0.2, 0.25) is 0 Å². The molecule has 0 radical (unpaired) electrons. The van der Waals surface area contributed by atoms with E-state index in [1.807, 2.05) is 25.2 Å². The first-order chi connectivity index (χ1) is 26.2. The molecule has 6 rings (SSSR count). The van der Waals surface area contributed by atoms with Gasteiger partial charge < -0.3 is 0 Å². The Labute approximate surface area is 327 Å². The zero-order valence-corrected chi connectivity index (χ0v) is 34.3. The molecule has 282 valence electrons. The summed E-state index contributed by atoms with van der Waals surface area (Å²) in [5.74, 6) is 0. The van der Waals surface area contributed by atoms with Gasteiger partial charge in [0, 0.05) is 11.0 Å². The lowest BCUT2D eigenvalue weighted by Gasteiger charge is -2.36. The van der Waals surface area contributed by atoms with Gasteiger partial charge in [0.2, 0.25) is 0 Å². The maximum atomic E-state index is 12.4. The molecular weight excluding hydrogens is 653 g/mol. The third kappa shape index (κ3) is 7.41. The van der Waals surface area contributed by atoms with E-state index in [2.05, 4.69) is 107 Å². The average Bonchev–Trinajstić information content (AvgIpc) is 3.59. The van der Waals surface area contributed by atoms with Crippen molar-refractivity contribution in [2.75, 3.05) is 0 Å². The van der Waals surface area contributed by atoms with E-state index >= 15 is 0 Å². The topological polar surface area (TPSA) is 17.1 Å². The van der Waals surface area contributed by atoms with Crippen molar-refractivity contribution in [1.29, 1.82) is 0 Å². The minimum atomic E-state index is -0.649. The number of aryl methyl sites for hydroxylation is 3. The van der Waals surface area contributed by atoms with Gasteiger partial charge in [-0.05, 0) is 114 Å². The number of rotatable bonds is 19. The fraction of sp³-hybridized carbons (Fsp3) is 0.415. The molecule has 1 nitrogen and oxygen atoms in total. The lowest BCUT2D eigenvalue weighted by Crippen LogP contribution is -2.29. The van der Waals surface area contributed by atoms with Crippen LogP contribution in [-0.2, 0) is 15.6 Å². The molecule has 1 heteroatoms. The normalized spacial score (nSPS) is 16.7. The highest BCUT2D eigenvalue weighted by Crippen LogP contribution is 2.62. The first kappa shape index (κ1) is 39.5. The number of fused-ring (bicyclic) bond motifs is 6. The van der Waals surface area contributed by atoms with Crippen molar-refractivity contribution in [2.24, 2.45) is 0 Å². The van der Waals surface area contributed by atoms with Crippen LogP contribution in [0, 0.1) is 20.8 Å². The Morgan fingerprint density at radius 2 is 1.04 bits per heavy atom. The number of hydrogen-bond donors (Lipinski definition) is 0. The van der Waals surface area contributed by atoms with Gasteiger partial charge in [0.1, 0.15) is 6.29 Å². The molecule has 54 heavy (non-hydrogen) atoms. The number of hydrogen-bond acceptors (Lipinski definition) is 1. The summed E-state index contributed by atoms with van der Waals surface area (Å²) in [6.07, 6.45) is 24.9. The van der Waals surface area contributed by atoms with E-state index in [4.69, 9.17) is 6.58 Å². The van der Waals surface area contributed by atoms with Gasteiger partial charge in [0.25, 0.3) is 0 Å². The van der Waals surface area contributed by atoms with Crippen molar-refractivity contribution < 1.29 is 4.79 Å². The molecule has 0 N–H and O–H groups in total. The van der Waals surface area contributed by atoms with E-state index in [-0.39, 0.29) is 5.41 Å². The fourth-order valence-corrected chi connectivity index (χ4v) is 9.88. The van der Waals surface area contributed by atoms with Crippen LogP contribution in [0.4, 0.5) is 0 Å². The van der Waals surface area contributed by atoms with Crippen LogP contribution in [-0.4, -0.2) is 6.29 Å². The lowest BCUT2D eigenvalue weighted by atomic mass is 9.66. The monoisotopic (exact) mass is 716 g/mol. The highest BCUT2D eigenvalue weighted by atomic mass is 16.1. The summed E-state index contributed by atoms with van der Waals surface area (Å²) in [6.45, 7) is 18.1. The SMILES string of the molecule is C=C(/C=C(C=O)\C=C/C)C1(c2ccc(C)cc2)c2cc(C)ccc2-c2cc3c(cc21)-c1ccc(C)cc1C3(CCCCCCCC)CCCCCCCC. The van der Waals surface area contributed by atoms with Crippen molar-refractivity contribution in [3.63, 3.8) is 0 Å². The molecule has 0 aromatic heterocycles. The van der Waals surface area contributed by atoms with Gasteiger partial charge in [-0.15, -0.1) is 0 Å². The molecule has 2 aliphatic carbocycles. The molecule has 0 spiro atoms. The van der Waals surface area contributed by atoms with Crippen molar-refractivity contribution in [3.05, 3.63) is 153 Å². The molecule has 4 aromatic rings. The standard InChI is InChI=1S/C53H64O/c1-8-11-13-15-17-19-30-52(31-20-18-16-14-12-9-2)48-32-39(5)24-28-44(48)46-36-51-47(35-49(46)52)45-29-25-40(6)33-50(45)53(51,43-26-22-38(4)23-27-43)41(7)34-42(37-54)21-10-3/h10,21-29,32-37H,7-9,11-20,30-31H2,1-6H3/b21-10-,42-34+. The van der Waals surface area contributed by atoms with Crippen molar-refractivity contribution >= 4 is 6.29 Å². The summed E-state index contributed by atoms with van der Waals surface area (Å²) in [6, 6.07) is 28.5. The molecule has 1 unspecified atom stereocenters. The number of carbonyl (C=O) groups is 1. The van der Waals surface area contributed by atoms with Crippen LogP contribution in [0.25, 0.3) is 22.3 Å². The summed E-state index contributed by atoms with van der Waals surface area (Å²) >= 11 is 0. The predicted octanol–water partition coefficient (Wildman–Crippen LogP) is 15.0. The number of benzene rings is 4. The van der Waals surface area contributed by atoms with Crippen LogP contribution in [0.1, 0.15) is 155 Å². The molecule has 0 heterocycles.